The molecular weight excluding hydrogens is 210 g/mol. The summed E-state index contributed by atoms with van der Waals surface area (Å²) in [7, 11) is 4.32. The van der Waals surface area contributed by atoms with Crippen LogP contribution < -0.4 is 5.32 Å². The molecule has 1 N–H and O–H groups in total. The van der Waals surface area contributed by atoms with Crippen LogP contribution in [0.5, 0.6) is 0 Å². The third-order valence-corrected chi connectivity index (χ3v) is 4.30. The summed E-state index contributed by atoms with van der Waals surface area (Å²) >= 11 is 0. The molecule has 1 rings (SSSR count). The van der Waals surface area contributed by atoms with Crippen LogP contribution in [0.4, 0.5) is 0 Å². The highest BCUT2D eigenvalue weighted by atomic mass is 15.2. The summed E-state index contributed by atoms with van der Waals surface area (Å²) in [6.07, 6.45) is 3.98. The Morgan fingerprint density at radius 2 is 1.94 bits per heavy atom. The first-order valence-corrected chi connectivity index (χ1v) is 7.09. The van der Waals surface area contributed by atoms with Crippen molar-refractivity contribution in [3.63, 3.8) is 0 Å². The van der Waals surface area contributed by atoms with Gasteiger partial charge in [0.05, 0.1) is 0 Å². The Kier molecular flexibility index (Phi) is 5.90. The van der Waals surface area contributed by atoms with Gasteiger partial charge in [0.15, 0.2) is 0 Å². The minimum Gasteiger partial charge on any atom is -0.312 e. The summed E-state index contributed by atoms with van der Waals surface area (Å²) in [6.45, 7) is 11.7. The minimum absolute atomic E-state index is 0.247. The Morgan fingerprint density at radius 1 is 1.24 bits per heavy atom. The zero-order chi connectivity index (χ0) is 12.9. The monoisotopic (exact) mass is 241 g/mol. The second-order valence-electron chi connectivity index (χ2n) is 6.15. The first kappa shape index (κ1) is 14.9. The molecule has 1 fully saturated rings. The number of likely N-dealkylation sites (tertiary alicyclic amines) is 1. The van der Waals surface area contributed by atoms with E-state index in [1.807, 2.05) is 0 Å². The highest BCUT2D eigenvalue weighted by Gasteiger charge is 2.22. The zero-order valence-corrected chi connectivity index (χ0v) is 12.4. The predicted molar refractivity (Wildman–Crippen MR) is 75.5 cm³/mol. The van der Waals surface area contributed by atoms with E-state index in [2.05, 4.69) is 50.0 Å². The van der Waals surface area contributed by atoms with E-state index in [1.54, 1.807) is 0 Å². The van der Waals surface area contributed by atoms with E-state index in [-0.39, 0.29) is 5.54 Å². The van der Waals surface area contributed by atoms with Crippen molar-refractivity contribution in [1.82, 2.24) is 15.1 Å². The first-order valence-electron chi connectivity index (χ1n) is 7.09. The van der Waals surface area contributed by atoms with Crippen molar-refractivity contribution in [2.45, 2.75) is 51.6 Å². The average Bonchev–Trinajstić information content (AvgIpc) is 2.51. The summed E-state index contributed by atoms with van der Waals surface area (Å²) in [4.78, 5) is 4.87. The van der Waals surface area contributed by atoms with Gasteiger partial charge in [0, 0.05) is 18.1 Å². The van der Waals surface area contributed by atoms with Gasteiger partial charge in [-0.05, 0) is 66.8 Å². The largest absolute Gasteiger partial charge is 0.312 e. The van der Waals surface area contributed by atoms with Gasteiger partial charge in [-0.15, -0.1) is 0 Å². The molecule has 0 aromatic rings. The second-order valence-corrected chi connectivity index (χ2v) is 6.15. The summed E-state index contributed by atoms with van der Waals surface area (Å²) in [5.41, 5.74) is 0.247. The molecule has 17 heavy (non-hydrogen) atoms. The lowest BCUT2D eigenvalue weighted by atomic mass is 10.0. The quantitative estimate of drug-likeness (QED) is 0.792. The van der Waals surface area contributed by atoms with Crippen LogP contribution in [-0.2, 0) is 0 Å². The van der Waals surface area contributed by atoms with E-state index in [4.69, 9.17) is 0 Å². The molecule has 3 nitrogen and oxygen atoms in total. The van der Waals surface area contributed by atoms with Crippen molar-refractivity contribution in [2.24, 2.45) is 0 Å². The van der Waals surface area contributed by atoms with Gasteiger partial charge < -0.3 is 15.1 Å². The van der Waals surface area contributed by atoms with E-state index in [0.717, 1.165) is 6.54 Å². The lowest BCUT2D eigenvalue weighted by Gasteiger charge is -2.34. The SMILES string of the molecule is CCN1CCCC(NCC(C)(C)N(C)C)CC1. The van der Waals surface area contributed by atoms with Crippen LogP contribution in [0.2, 0.25) is 0 Å². The molecule has 1 saturated heterocycles. The molecule has 0 aromatic carbocycles. The van der Waals surface area contributed by atoms with Gasteiger partial charge in [-0.1, -0.05) is 6.92 Å². The van der Waals surface area contributed by atoms with Crippen LogP contribution in [-0.4, -0.2) is 61.7 Å². The van der Waals surface area contributed by atoms with Gasteiger partial charge in [-0.2, -0.15) is 0 Å². The zero-order valence-electron chi connectivity index (χ0n) is 12.4. The number of likely N-dealkylation sites (N-methyl/N-ethyl adjacent to an activating group) is 1. The summed E-state index contributed by atoms with van der Waals surface area (Å²) in [5, 5.41) is 3.76. The topological polar surface area (TPSA) is 18.5 Å². The van der Waals surface area contributed by atoms with Crippen molar-refractivity contribution < 1.29 is 0 Å². The second kappa shape index (κ2) is 6.72. The highest BCUT2D eigenvalue weighted by molar-refractivity contribution is 4.83. The molecule has 1 atom stereocenters. The van der Waals surface area contributed by atoms with Gasteiger partial charge in [-0.3, -0.25) is 0 Å². The Hall–Kier alpha value is -0.120. The Labute approximate surface area is 108 Å². The molecule has 0 spiro atoms. The molecule has 1 unspecified atom stereocenters. The van der Waals surface area contributed by atoms with E-state index >= 15 is 0 Å². The summed E-state index contributed by atoms with van der Waals surface area (Å²) in [5.74, 6) is 0. The summed E-state index contributed by atoms with van der Waals surface area (Å²) in [6, 6.07) is 0.714. The molecule has 0 aliphatic carbocycles. The molecule has 0 saturated carbocycles. The standard InChI is InChI=1S/C14H31N3/c1-6-17-10-7-8-13(9-11-17)15-12-14(2,3)16(4)5/h13,15H,6-12H2,1-5H3. The fourth-order valence-corrected chi connectivity index (χ4v) is 2.23. The maximum absolute atomic E-state index is 3.76. The van der Waals surface area contributed by atoms with Crippen LogP contribution in [0, 0.1) is 0 Å². The third kappa shape index (κ3) is 4.94. The number of nitrogens with zero attached hydrogens (tertiary/aromatic N) is 2. The lowest BCUT2D eigenvalue weighted by Crippen LogP contribution is -2.49. The molecule has 0 amide bonds. The molecule has 0 radical (unpaired) electrons. The van der Waals surface area contributed by atoms with Crippen LogP contribution >= 0.6 is 0 Å². The van der Waals surface area contributed by atoms with Gasteiger partial charge >= 0.3 is 0 Å². The Balaban J connectivity index is 2.32. The Morgan fingerprint density at radius 3 is 2.53 bits per heavy atom. The van der Waals surface area contributed by atoms with Gasteiger partial charge in [0.2, 0.25) is 0 Å². The fourth-order valence-electron chi connectivity index (χ4n) is 2.23. The summed E-state index contributed by atoms with van der Waals surface area (Å²) < 4.78 is 0. The highest BCUT2D eigenvalue weighted by Crippen LogP contribution is 2.13. The predicted octanol–water partition coefficient (Wildman–Crippen LogP) is 1.79. The normalized spacial score (nSPS) is 24.0. The molecule has 1 aliphatic rings. The number of rotatable bonds is 5. The average molecular weight is 241 g/mol. The van der Waals surface area contributed by atoms with E-state index in [9.17, 15) is 0 Å². The first-order chi connectivity index (χ1) is 7.95. The minimum atomic E-state index is 0.247. The lowest BCUT2D eigenvalue weighted by molar-refractivity contribution is 0.182. The smallest absolute Gasteiger partial charge is 0.0271 e. The number of nitrogens with one attached hydrogen (secondary N) is 1. The van der Waals surface area contributed by atoms with Crippen molar-refractivity contribution in [3.8, 4) is 0 Å². The molecular formula is C14H31N3. The maximum atomic E-state index is 3.76. The fraction of sp³-hybridized carbons (Fsp3) is 1.00. The van der Waals surface area contributed by atoms with Crippen LogP contribution in [0.1, 0.15) is 40.0 Å². The van der Waals surface area contributed by atoms with Crippen LogP contribution in [0.15, 0.2) is 0 Å². The van der Waals surface area contributed by atoms with Crippen molar-refractivity contribution in [1.29, 1.82) is 0 Å². The van der Waals surface area contributed by atoms with Crippen LogP contribution in [0.3, 0.4) is 0 Å². The van der Waals surface area contributed by atoms with Crippen molar-refractivity contribution in [2.75, 3.05) is 40.3 Å². The molecule has 3 heteroatoms. The van der Waals surface area contributed by atoms with E-state index in [1.165, 1.54) is 38.9 Å². The molecule has 0 bridgehead atoms. The number of hydrogen-bond acceptors (Lipinski definition) is 3. The van der Waals surface area contributed by atoms with E-state index in [0.29, 0.717) is 6.04 Å². The van der Waals surface area contributed by atoms with Gasteiger partial charge in [-0.25, -0.2) is 0 Å². The molecule has 102 valence electrons. The van der Waals surface area contributed by atoms with Crippen LogP contribution in [0.25, 0.3) is 0 Å². The van der Waals surface area contributed by atoms with Gasteiger partial charge in [0.25, 0.3) is 0 Å². The molecule has 0 aromatic heterocycles. The Bertz CT molecular complexity index is 214. The maximum Gasteiger partial charge on any atom is 0.0271 e. The van der Waals surface area contributed by atoms with E-state index < -0.39 is 0 Å². The van der Waals surface area contributed by atoms with Crippen molar-refractivity contribution in [3.05, 3.63) is 0 Å². The van der Waals surface area contributed by atoms with Gasteiger partial charge in [0.1, 0.15) is 0 Å². The van der Waals surface area contributed by atoms with Crippen molar-refractivity contribution >= 4 is 0 Å². The molecule has 1 heterocycles. The molecule has 1 aliphatic heterocycles. The third-order valence-electron chi connectivity index (χ3n) is 4.30. The number of hydrogen-bond donors (Lipinski definition) is 1.